The molecule has 2 nitrogen and oxygen atoms in total. The van der Waals surface area contributed by atoms with Crippen LogP contribution in [0.1, 0.15) is 63.5 Å². The molecule has 21 heavy (non-hydrogen) atoms. The second-order valence-electron chi connectivity index (χ2n) is 6.15. The molecule has 0 aromatic heterocycles. The monoisotopic (exact) mass is 329 g/mol. The van der Waals surface area contributed by atoms with Gasteiger partial charge < -0.3 is 10.4 Å². The van der Waals surface area contributed by atoms with E-state index in [1.54, 1.807) is 0 Å². The van der Waals surface area contributed by atoms with E-state index < -0.39 is 5.60 Å². The van der Waals surface area contributed by atoms with Crippen LogP contribution in [0.4, 0.5) is 0 Å². The van der Waals surface area contributed by atoms with Crippen LogP contribution in [0.25, 0.3) is 0 Å². The topological polar surface area (TPSA) is 32.3 Å². The summed E-state index contributed by atoms with van der Waals surface area (Å²) in [5, 5.41) is 15.4. The van der Waals surface area contributed by atoms with E-state index >= 15 is 0 Å². The maximum Gasteiger partial charge on any atom is 0.0771 e. The van der Waals surface area contributed by atoms with E-state index in [9.17, 15) is 5.11 Å². The molecule has 1 aromatic rings. The van der Waals surface area contributed by atoms with Gasteiger partial charge in [-0.05, 0) is 37.0 Å². The summed E-state index contributed by atoms with van der Waals surface area (Å²) in [7, 11) is 0. The molecule has 2 N–H and O–H groups in total. The first kappa shape index (κ1) is 17.1. The molecular formula is C17H25Cl2NO. The summed E-state index contributed by atoms with van der Waals surface area (Å²) in [4.78, 5) is 0. The van der Waals surface area contributed by atoms with Gasteiger partial charge in [0.25, 0.3) is 0 Å². The largest absolute Gasteiger partial charge is 0.389 e. The highest BCUT2D eigenvalue weighted by Crippen LogP contribution is 2.29. The van der Waals surface area contributed by atoms with Gasteiger partial charge in [0.05, 0.1) is 15.6 Å². The second-order valence-corrected chi connectivity index (χ2v) is 6.97. The maximum atomic E-state index is 10.7. The lowest BCUT2D eigenvalue weighted by atomic mass is 9.93. The Labute approximate surface area is 137 Å². The van der Waals surface area contributed by atoms with E-state index in [4.69, 9.17) is 23.2 Å². The quantitative estimate of drug-likeness (QED) is 0.735. The third-order valence-corrected chi connectivity index (χ3v) is 5.21. The Bertz CT molecular complexity index is 456. The van der Waals surface area contributed by atoms with Crippen LogP contribution in [-0.2, 0) is 0 Å². The van der Waals surface area contributed by atoms with Crippen LogP contribution in [0.15, 0.2) is 18.2 Å². The molecule has 1 atom stereocenters. The zero-order valence-corrected chi connectivity index (χ0v) is 14.2. The molecule has 4 heteroatoms. The average Bonchev–Trinajstić information content (AvgIpc) is 2.68. The molecule has 118 valence electrons. The van der Waals surface area contributed by atoms with Crippen LogP contribution in [0.5, 0.6) is 0 Å². The predicted molar refractivity (Wildman–Crippen MR) is 90.1 cm³/mol. The van der Waals surface area contributed by atoms with Gasteiger partial charge in [0.15, 0.2) is 0 Å². The number of hydrogen-bond acceptors (Lipinski definition) is 2. The van der Waals surface area contributed by atoms with Gasteiger partial charge in [-0.25, -0.2) is 0 Å². The zero-order chi connectivity index (χ0) is 15.3. The van der Waals surface area contributed by atoms with Gasteiger partial charge in [0.2, 0.25) is 0 Å². The van der Waals surface area contributed by atoms with Crippen LogP contribution in [0, 0.1) is 0 Å². The normalized spacial score (nSPS) is 20.0. The second kappa shape index (κ2) is 7.82. The fraction of sp³-hybridized carbons (Fsp3) is 0.647. The first-order valence-corrected chi connectivity index (χ1v) is 8.70. The Morgan fingerprint density at radius 3 is 2.38 bits per heavy atom. The fourth-order valence-electron chi connectivity index (χ4n) is 3.10. The molecular weight excluding hydrogens is 305 g/mol. The van der Waals surface area contributed by atoms with Crippen molar-refractivity contribution in [3.8, 4) is 0 Å². The Balaban J connectivity index is 1.99. The molecule has 0 bridgehead atoms. The minimum absolute atomic E-state index is 0.201. The summed E-state index contributed by atoms with van der Waals surface area (Å²) >= 11 is 12.1. The summed E-state index contributed by atoms with van der Waals surface area (Å²) in [5.74, 6) is 0. The molecule has 0 heterocycles. The SMILES string of the molecule is CCC(NCC1(O)CCCCCC1)c1ccc(Cl)c(Cl)c1. The number of nitrogens with one attached hydrogen (secondary N) is 1. The molecule has 0 radical (unpaired) electrons. The summed E-state index contributed by atoms with van der Waals surface area (Å²) in [5.41, 5.74) is 0.573. The lowest BCUT2D eigenvalue weighted by Crippen LogP contribution is -2.41. The highest BCUT2D eigenvalue weighted by molar-refractivity contribution is 6.42. The van der Waals surface area contributed by atoms with E-state index in [1.165, 1.54) is 12.8 Å². The molecule has 1 aliphatic carbocycles. The van der Waals surface area contributed by atoms with Crippen molar-refractivity contribution in [3.63, 3.8) is 0 Å². The van der Waals surface area contributed by atoms with E-state index in [2.05, 4.69) is 12.2 Å². The molecule has 0 amide bonds. The summed E-state index contributed by atoms with van der Waals surface area (Å²) in [6.45, 7) is 2.78. The fourth-order valence-corrected chi connectivity index (χ4v) is 3.41. The van der Waals surface area contributed by atoms with Crippen molar-refractivity contribution in [1.29, 1.82) is 0 Å². The molecule has 2 rings (SSSR count). The first-order valence-electron chi connectivity index (χ1n) is 7.95. The molecule has 0 aliphatic heterocycles. The van der Waals surface area contributed by atoms with Crippen molar-refractivity contribution in [1.82, 2.24) is 5.32 Å². The molecule has 0 spiro atoms. The van der Waals surface area contributed by atoms with E-state index in [-0.39, 0.29) is 6.04 Å². The number of benzene rings is 1. The van der Waals surface area contributed by atoms with Crippen molar-refractivity contribution in [2.45, 2.75) is 63.5 Å². The molecule has 1 fully saturated rings. The van der Waals surface area contributed by atoms with Gasteiger partial charge in [-0.15, -0.1) is 0 Å². The van der Waals surface area contributed by atoms with Crippen molar-refractivity contribution in [2.24, 2.45) is 0 Å². The predicted octanol–water partition coefficient (Wildman–Crippen LogP) is 5.12. The molecule has 1 aromatic carbocycles. The van der Waals surface area contributed by atoms with Crippen molar-refractivity contribution in [3.05, 3.63) is 33.8 Å². The molecule has 1 unspecified atom stereocenters. The van der Waals surface area contributed by atoms with Crippen LogP contribution < -0.4 is 5.32 Å². The van der Waals surface area contributed by atoms with Crippen molar-refractivity contribution < 1.29 is 5.11 Å². The van der Waals surface area contributed by atoms with Crippen molar-refractivity contribution in [2.75, 3.05) is 6.54 Å². The smallest absolute Gasteiger partial charge is 0.0771 e. The highest BCUT2D eigenvalue weighted by atomic mass is 35.5. The van der Waals surface area contributed by atoms with Crippen molar-refractivity contribution >= 4 is 23.2 Å². The number of hydrogen-bond donors (Lipinski definition) is 2. The maximum absolute atomic E-state index is 10.7. The highest BCUT2D eigenvalue weighted by Gasteiger charge is 2.28. The lowest BCUT2D eigenvalue weighted by Gasteiger charge is -2.30. The third kappa shape index (κ3) is 4.85. The van der Waals surface area contributed by atoms with Crippen LogP contribution >= 0.6 is 23.2 Å². The van der Waals surface area contributed by atoms with Gasteiger partial charge in [-0.1, -0.05) is 61.9 Å². The van der Waals surface area contributed by atoms with E-state index in [1.807, 2.05) is 18.2 Å². The van der Waals surface area contributed by atoms with E-state index in [0.29, 0.717) is 16.6 Å². The number of rotatable bonds is 5. The van der Waals surface area contributed by atoms with Gasteiger partial charge in [0, 0.05) is 12.6 Å². The minimum Gasteiger partial charge on any atom is -0.389 e. The van der Waals surface area contributed by atoms with Crippen LogP contribution in [0.2, 0.25) is 10.0 Å². The van der Waals surface area contributed by atoms with Gasteiger partial charge in [-0.2, -0.15) is 0 Å². The molecule has 0 saturated heterocycles. The third-order valence-electron chi connectivity index (χ3n) is 4.47. The Kier molecular flexibility index (Phi) is 6.36. The summed E-state index contributed by atoms with van der Waals surface area (Å²) in [6, 6.07) is 5.96. The van der Waals surface area contributed by atoms with Gasteiger partial charge in [0.1, 0.15) is 0 Å². The zero-order valence-electron chi connectivity index (χ0n) is 12.7. The minimum atomic E-state index is -0.555. The number of halogens is 2. The summed E-state index contributed by atoms with van der Waals surface area (Å²) < 4.78 is 0. The number of aliphatic hydroxyl groups is 1. The summed E-state index contributed by atoms with van der Waals surface area (Å²) in [6.07, 6.45) is 7.49. The van der Waals surface area contributed by atoms with Gasteiger partial charge in [-0.3, -0.25) is 0 Å². The molecule has 1 saturated carbocycles. The van der Waals surface area contributed by atoms with Gasteiger partial charge >= 0.3 is 0 Å². The Morgan fingerprint density at radius 2 is 1.81 bits per heavy atom. The standard InChI is InChI=1S/C17H25Cl2NO/c1-2-16(13-7-8-14(18)15(19)11-13)20-12-17(21)9-5-3-4-6-10-17/h7-8,11,16,20-21H,2-6,9-10,12H2,1H3. The van der Waals surface area contributed by atoms with Crippen LogP contribution in [0.3, 0.4) is 0 Å². The molecule has 1 aliphatic rings. The first-order chi connectivity index (χ1) is 10.0. The Morgan fingerprint density at radius 1 is 1.14 bits per heavy atom. The Hall–Kier alpha value is -0.280. The van der Waals surface area contributed by atoms with Crippen LogP contribution in [-0.4, -0.2) is 17.3 Å². The van der Waals surface area contributed by atoms with E-state index in [0.717, 1.165) is 37.7 Å². The lowest BCUT2D eigenvalue weighted by molar-refractivity contribution is 0.0225. The average molecular weight is 330 g/mol.